The van der Waals surface area contributed by atoms with Crippen LogP contribution in [0.25, 0.3) is 0 Å². The van der Waals surface area contributed by atoms with E-state index in [0.717, 1.165) is 25.7 Å². The first-order valence-corrected chi connectivity index (χ1v) is 8.75. The maximum Gasteiger partial charge on any atom is 0.244 e. The molecule has 0 spiro atoms. The van der Waals surface area contributed by atoms with E-state index >= 15 is 0 Å². The lowest BCUT2D eigenvalue weighted by Gasteiger charge is -2.29. The van der Waals surface area contributed by atoms with Crippen LogP contribution in [-0.4, -0.2) is 29.3 Å². The lowest BCUT2D eigenvalue weighted by molar-refractivity contribution is -0.135. The summed E-state index contributed by atoms with van der Waals surface area (Å²) in [5.74, 6) is -0.350. The van der Waals surface area contributed by atoms with Crippen LogP contribution in [-0.2, 0) is 9.59 Å². The van der Waals surface area contributed by atoms with Gasteiger partial charge in [-0.3, -0.25) is 9.59 Å². The molecule has 1 fully saturated rings. The van der Waals surface area contributed by atoms with Gasteiger partial charge in [0.2, 0.25) is 11.8 Å². The van der Waals surface area contributed by atoms with Crippen LogP contribution in [0.1, 0.15) is 45.4 Å². The summed E-state index contributed by atoms with van der Waals surface area (Å²) < 4.78 is 0. The van der Waals surface area contributed by atoms with Crippen molar-refractivity contribution in [1.29, 1.82) is 0 Å². The quantitative estimate of drug-likeness (QED) is 0.807. The largest absolute Gasteiger partial charge is 0.331 e. The molecular weight excluding hydrogens is 335 g/mol. The minimum Gasteiger partial charge on any atom is -0.331 e. The molecule has 1 aliphatic rings. The summed E-state index contributed by atoms with van der Waals surface area (Å²) in [5, 5.41) is 3.49. The summed E-state index contributed by atoms with van der Waals surface area (Å²) in [6.45, 7) is 1.54. The molecule has 1 saturated carbocycles. The molecule has 1 N–H and O–H groups in total. The van der Waals surface area contributed by atoms with Gasteiger partial charge in [-0.2, -0.15) is 0 Å². The van der Waals surface area contributed by atoms with Crippen molar-refractivity contribution in [2.24, 2.45) is 0 Å². The summed E-state index contributed by atoms with van der Waals surface area (Å²) in [6.07, 6.45) is 6.52. The molecule has 126 valence electrons. The highest BCUT2D eigenvalue weighted by Crippen LogP contribution is 2.30. The van der Waals surface area contributed by atoms with Crippen LogP contribution in [0.15, 0.2) is 18.2 Å². The van der Waals surface area contributed by atoms with Crippen molar-refractivity contribution in [2.75, 3.05) is 11.9 Å². The van der Waals surface area contributed by atoms with E-state index in [1.165, 1.54) is 19.8 Å². The predicted molar refractivity (Wildman–Crippen MR) is 94.0 cm³/mol. The first-order chi connectivity index (χ1) is 11.0. The molecule has 6 heteroatoms. The first kappa shape index (κ1) is 18.1. The van der Waals surface area contributed by atoms with Gasteiger partial charge in [-0.25, -0.2) is 0 Å². The third kappa shape index (κ3) is 5.11. The van der Waals surface area contributed by atoms with Crippen molar-refractivity contribution < 1.29 is 9.59 Å². The predicted octanol–water partition coefficient (Wildman–Crippen LogP) is 4.50. The maximum atomic E-state index is 12.3. The normalized spacial score (nSPS) is 15.8. The van der Waals surface area contributed by atoms with Crippen molar-refractivity contribution >= 4 is 40.7 Å². The molecule has 4 nitrogen and oxygen atoms in total. The van der Waals surface area contributed by atoms with E-state index in [0.29, 0.717) is 15.7 Å². The van der Waals surface area contributed by atoms with Crippen molar-refractivity contribution in [1.82, 2.24) is 4.90 Å². The van der Waals surface area contributed by atoms with Crippen LogP contribution in [0.4, 0.5) is 5.69 Å². The number of carbonyl (C=O) groups is 2. The van der Waals surface area contributed by atoms with Gasteiger partial charge in [-0.1, -0.05) is 55.0 Å². The molecule has 1 aromatic carbocycles. The summed E-state index contributed by atoms with van der Waals surface area (Å²) in [7, 11) is 0. The van der Waals surface area contributed by atoms with Crippen LogP contribution >= 0.6 is 23.2 Å². The number of anilines is 1. The zero-order chi connectivity index (χ0) is 16.8. The van der Waals surface area contributed by atoms with Crippen molar-refractivity contribution in [2.45, 2.75) is 51.5 Å². The third-order valence-corrected chi connectivity index (χ3v) is 4.84. The van der Waals surface area contributed by atoms with Crippen molar-refractivity contribution in [3.8, 4) is 0 Å². The molecule has 0 heterocycles. The third-order valence-electron chi connectivity index (χ3n) is 4.21. The van der Waals surface area contributed by atoms with Gasteiger partial charge in [0.1, 0.15) is 6.54 Å². The SMILES string of the molecule is CC(=O)N(CC(=O)Nc1c(Cl)cccc1Cl)C1CCCCCC1. The average molecular weight is 357 g/mol. The highest BCUT2D eigenvalue weighted by atomic mass is 35.5. The summed E-state index contributed by atoms with van der Waals surface area (Å²) in [6, 6.07) is 5.18. The summed E-state index contributed by atoms with van der Waals surface area (Å²) >= 11 is 12.1. The Labute approximate surface area is 147 Å². The van der Waals surface area contributed by atoms with E-state index in [1.54, 1.807) is 23.1 Å². The molecule has 0 unspecified atom stereocenters. The van der Waals surface area contributed by atoms with Gasteiger partial charge >= 0.3 is 0 Å². The smallest absolute Gasteiger partial charge is 0.244 e. The zero-order valence-electron chi connectivity index (χ0n) is 13.3. The lowest BCUT2D eigenvalue weighted by atomic mass is 10.1. The van der Waals surface area contributed by atoms with E-state index in [1.807, 2.05) is 0 Å². The number of hydrogen-bond acceptors (Lipinski definition) is 2. The molecule has 0 aromatic heterocycles. The van der Waals surface area contributed by atoms with Crippen molar-refractivity contribution in [3.63, 3.8) is 0 Å². The van der Waals surface area contributed by atoms with Gasteiger partial charge in [0.05, 0.1) is 15.7 Å². The molecule has 2 amide bonds. The molecule has 1 aliphatic carbocycles. The van der Waals surface area contributed by atoms with Gasteiger partial charge in [0, 0.05) is 13.0 Å². The molecule has 0 bridgehead atoms. The van der Waals surface area contributed by atoms with Crippen LogP contribution in [0.5, 0.6) is 0 Å². The Morgan fingerprint density at radius 1 is 1.13 bits per heavy atom. The highest BCUT2D eigenvalue weighted by Gasteiger charge is 2.24. The maximum absolute atomic E-state index is 12.3. The van der Waals surface area contributed by atoms with Crippen LogP contribution in [0.3, 0.4) is 0 Å². The van der Waals surface area contributed by atoms with Gasteiger partial charge < -0.3 is 10.2 Å². The average Bonchev–Trinajstić information content (AvgIpc) is 2.77. The first-order valence-electron chi connectivity index (χ1n) is 8.00. The Bertz CT molecular complexity index is 549. The number of para-hydroxylation sites is 1. The Hall–Kier alpha value is -1.26. The van der Waals surface area contributed by atoms with E-state index in [9.17, 15) is 9.59 Å². The number of carbonyl (C=O) groups excluding carboxylic acids is 2. The lowest BCUT2D eigenvalue weighted by Crippen LogP contribution is -2.43. The summed E-state index contributed by atoms with van der Waals surface area (Å²) in [4.78, 5) is 26.0. The van der Waals surface area contributed by atoms with Gasteiger partial charge in [-0.05, 0) is 25.0 Å². The van der Waals surface area contributed by atoms with E-state index in [4.69, 9.17) is 23.2 Å². The fourth-order valence-electron chi connectivity index (χ4n) is 3.02. The zero-order valence-corrected chi connectivity index (χ0v) is 14.8. The Balaban J connectivity index is 2.04. The Morgan fingerprint density at radius 2 is 1.70 bits per heavy atom. The highest BCUT2D eigenvalue weighted by molar-refractivity contribution is 6.39. The Kier molecular flexibility index (Phi) is 6.72. The number of amides is 2. The van der Waals surface area contributed by atoms with Crippen LogP contribution < -0.4 is 5.32 Å². The number of rotatable bonds is 4. The number of halogens is 2. The van der Waals surface area contributed by atoms with E-state index < -0.39 is 0 Å². The molecule has 0 atom stereocenters. The second kappa shape index (κ2) is 8.55. The Morgan fingerprint density at radius 3 is 2.22 bits per heavy atom. The molecule has 0 aliphatic heterocycles. The molecule has 23 heavy (non-hydrogen) atoms. The standard InChI is InChI=1S/C17H22Cl2N2O2/c1-12(22)21(13-7-4-2-3-5-8-13)11-16(23)20-17-14(18)9-6-10-15(17)19/h6,9-10,13H,2-5,7-8,11H2,1H3,(H,20,23). The molecular formula is C17H22Cl2N2O2. The summed E-state index contributed by atoms with van der Waals surface area (Å²) in [5.41, 5.74) is 0.394. The monoisotopic (exact) mass is 356 g/mol. The number of nitrogens with zero attached hydrogens (tertiary/aromatic N) is 1. The number of hydrogen-bond donors (Lipinski definition) is 1. The van der Waals surface area contributed by atoms with Gasteiger partial charge in [0.15, 0.2) is 0 Å². The van der Waals surface area contributed by atoms with E-state index in [-0.39, 0.29) is 24.4 Å². The minimum absolute atomic E-state index is 0.0293. The fourth-order valence-corrected chi connectivity index (χ4v) is 3.51. The molecule has 0 radical (unpaired) electrons. The second-order valence-electron chi connectivity index (χ2n) is 5.94. The van der Waals surface area contributed by atoms with Gasteiger partial charge in [0.25, 0.3) is 0 Å². The minimum atomic E-state index is -0.278. The number of nitrogens with one attached hydrogen (secondary N) is 1. The molecule has 2 rings (SSSR count). The van der Waals surface area contributed by atoms with Gasteiger partial charge in [-0.15, -0.1) is 0 Å². The molecule has 1 aromatic rings. The topological polar surface area (TPSA) is 49.4 Å². The van der Waals surface area contributed by atoms with Crippen LogP contribution in [0.2, 0.25) is 10.0 Å². The second-order valence-corrected chi connectivity index (χ2v) is 6.75. The number of benzene rings is 1. The van der Waals surface area contributed by atoms with Crippen LogP contribution in [0, 0.1) is 0 Å². The van der Waals surface area contributed by atoms with Crippen molar-refractivity contribution in [3.05, 3.63) is 28.2 Å². The molecule has 0 saturated heterocycles. The van der Waals surface area contributed by atoms with E-state index in [2.05, 4.69) is 5.32 Å². The fraction of sp³-hybridized carbons (Fsp3) is 0.529.